The quantitative estimate of drug-likeness (QED) is 0.422. The molecule has 1 heterocycles. The van der Waals surface area contributed by atoms with E-state index in [0.717, 1.165) is 18.7 Å². The molecule has 0 aliphatic carbocycles. The third-order valence-corrected chi connectivity index (χ3v) is 3.24. The number of amides is 1. The normalized spacial score (nSPS) is 17.9. The van der Waals surface area contributed by atoms with Gasteiger partial charge in [0.15, 0.2) is 0 Å². The summed E-state index contributed by atoms with van der Waals surface area (Å²) in [4.78, 5) is 23.5. The molecule has 1 amide bonds. The fraction of sp³-hybridized carbons (Fsp3) is 0.417. The minimum absolute atomic E-state index is 0.0153. The molecule has 108 valence electrons. The summed E-state index contributed by atoms with van der Waals surface area (Å²) >= 11 is 0. The van der Waals surface area contributed by atoms with E-state index in [9.17, 15) is 14.9 Å². The highest BCUT2D eigenvalue weighted by molar-refractivity contribution is 5.73. The van der Waals surface area contributed by atoms with Crippen LogP contribution >= 0.6 is 0 Å². The maximum atomic E-state index is 11.0. The lowest BCUT2D eigenvalue weighted by Gasteiger charge is -2.19. The maximum absolute atomic E-state index is 11.0. The summed E-state index contributed by atoms with van der Waals surface area (Å²) in [5, 5.41) is 13.8. The van der Waals surface area contributed by atoms with Crippen LogP contribution in [-0.2, 0) is 4.79 Å². The van der Waals surface area contributed by atoms with E-state index in [1.807, 2.05) is 4.90 Å². The van der Waals surface area contributed by atoms with Crippen LogP contribution in [0.15, 0.2) is 18.2 Å². The second kappa shape index (κ2) is 5.74. The molecule has 1 aromatic rings. The number of nitrogen functional groups attached to an aromatic ring is 1. The number of nitro benzene ring substituents is 1. The molecule has 0 bridgehead atoms. The number of hydrogen-bond acceptors (Lipinski definition) is 6. The Kier molecular flexibility index (Phi) is 4.04. The van der Waals surface area contributed by atoms with E-state index >= 15 is 0 Å². The molecule has 1 aromatic carbocycles. The van der Waals surface area contributed by atoms with Crippen molar-refractivity contribution in [3.05, 3.63) is 28.3 Å². The number of hydrogen-bond donors (Lipinski definition) is 3. The van der Waals surface area contributed by atoms with Crippen LogP contribution in [0.2, 0.25) is 0 Å². The first-order valence-electron chi connectivity index (χ1n) is 6.27. The predicted molar refractivity (Wildman–Crippen MR) is 75.3 cm³/mol. The van der Waals surface area contributed by atoms with E-state index < -0.39 is 4.92 Å². The molecule has 2 rings (SSSR count). The van der Waals surface area contributed by atoms with Crippen molar-refractivity contribution in [3.8, 4) is 0 Å². The monoisotopic (exact) mass is 279 g/mol. The first kappa shape index (κ1) is 14.1. The third kappa shape index (κ3) is 3.15. The molecule has 8 heteroatoms. The standard InChI is InChI=1S/C12H17N5O3/c1-8(18)14-9-2-3-16(7-9)11-4-10(15-13)5-12(6-11)17(19)20/h4-6,9,15H,2-3,7,13H2,1H3,(H,14,18). The molecule has 0 saturated carbocycles. The smallest absolute Gasteiger partial charge is 0.273 e. The molecule has 1 atom stereocenters. The van der Waals surface area contributed by atoms with Crippen LogP contribution in [-0.4, -0.2) is 30.0 Å². The zero-order valence-electron chi connectivity index (χ0n) is 11.1. The van der Waals surface area contributed by atoms with E-state index in [1.165, 1.54) is 19.1 Å². The SMILES string of the molecule is CC(=O)NC1CCN(c2cc(NN)cc([N+](=O)[O-])c2)C1. The summed E-state index contributed by atoms with van der Waals surface area (Å²) in [7, 11) is 0. The van der Waals surface area contributed by atoms with Gasteiger partial charge in [-0.15, -0.1) is 0 Å². The number of anilines is 2. The van der Waals surface area contributed by atoms with E-state index in [4.69, 9.17) is 5.84 Å². The summed E-state index contributed by atoms with van der Waals surface area (Å²) in [6.45, 7) is 2.84. The number of carbonyl (C=O) groups excluding carboxylic acids is 1. The fourth-order valence-corrected chi connectivity index (χ4v) is 2.37. The van der Waals surface area contributed by atoms with Gasteiger partial charge in [-0.1, -0.05) is 0 Å². The topological polar surface area (TPSA) is 114 Å². The van der Waals surface area contributed by atoms with Crippen molar-refractivity contribution in [3.63, 3.8) is 0 Å². The number of non-ortho nitro benzene ring substituents is 1. The molecule has 1 aliphatic rings. The number of rotatable bonds is 4. The Morgan fingerprint density at radius 2 is 2.25 bits per heavy atom. The van der Waals surface area contributed by atoms with Crippen molar-refractivity contribution in [2.45, 2.75) is 19.4 Å². The second-order valence-electron chi connectivity index (χ2n) is 4.77. The lowest BCUT2D eigenvalue weighted by atomic mass is 10.2. The molecular weight excluding hydrogens is 262 g/mol. The number of carbonyl (C=O) groups is 1. The van der Waals surface area contributed by atoms with Crippen LogP contribution in [0.3, 0.4) is 0 Å². The van der Waals surface area contributed by atoms with Gasteiger partial charge in [0.2, 0.25) is 5.91 Å². The largest absolute Gasteiger partial charge is 0.369 e. The first-order valence-corrected chi connectivity index (χ1v) is 6.27. The number of benzene rings is 1. The summed E-state index contributed by atoms with van der Waals surface area (Å²) in [5.41, 5.74) is 3.62. The molecule has 1 unspecified atom stereocenters. The molecule has 1 saturated heterocycles. The Morgan fingerprint density at radius 1 is 1.50 bits per heavy atom. The number of hydrazine groups is 1. The highest BCUT2D eigenvalue weighted by Crippen LogP contribution is 2.28. The van der Waals surface area contributed by atoms with Crippen molar-refractivity contribution in [2.75, 3.05) is 23.4 Å². The van der Waals surface area contributed by atoms with Crippen LogP contribution in [0.5, 0.6) is 0 Å². The van der Waals surface area contributed by atoms with Gasteiger partial charge in [-0.2, -0.15) is 0 Å². The zero-order chi connectivity index (χ0) is 14.7. The van der Waals surface area contributed by atoms with Crippen molar-refractivity contribution in [2.24, 2.45) is 5.84 Å². The van der Waals surface area contributed by atoms with Crippen LogP contribution in [0.1, 0.15) is 13.3 Å². The van der Waals surface area contributed by atoms with E-state index in [2.05, 4.69) is 10.7 Å². The Bertz CT molecular complexity index is 534. The minimum atomic E-state index is -0.453. The van der Waals surface area contributed by atoms with Gasteiger partial charge in [0, 0.05) is 43.9 Å². The van der Waals surface area contributed by atoms with Gasteiger partial charge in [0.05, 0.1) is 10.6 Å². The number of nitrogens with zero attached hydrogens (tertiary/aromatic N) is 2. The van der Waals surface area contributed by atoms with Gasteiger partial charge in [0.1, 0.15) is 0 Å². The molecule has 1 fully saturated rings. The van der Waals surface area contributed by atoms with Gasteiger partial charge in [0.25, 0.3) is 5.69 Å². The highest BCUT2D eigenvalue weighted by atomic mass is 16.6. The van der Waals surface area contributed by atoms with Crippen LogP contribution < -0.4 is 21.5 Å². The Labute approximate surface area is 116 Å². The van der Waals surface area contributed by atoms with Gasteiger partial charge < -0.3 is 15.6 Å². The molecule has 8 nitrogen and oxygen atoms in total. The second-order valence-corrected chi connectivity index (χ2v) is 4.77. The zero-order valence-corrected chi connectivity index (χ0v) is 11.1. The van der Waals surface area contributed by atoms with Gasteiger partial charge in [-0.05, 0) is 12.5 Å². The Morgan fingerprint density at radius 3 is 2.85 bits per heavy atom. The number of nitro groups is 1. The summed E-state index contributed by atoms with van der Waals surface area (Å²) in [6.07, 6.45) is 0.813. The maximum Gasteiger partial charge on any atom is 0.273 e. The summed E-state index contributed by atoms with van der Waals surface area (Å²) < 4.78 is 0. The Balaban J connectivity index is 2.18. The minimum Gasteiger partial charge on any atom is -0.369 e. The average Bonchev–Trinajstić information content (AvgIpc) is 2.85. The summed E-state index contributed by atoms with van der Waals surface area (Å²) in [5.74, 6) is 5.26. The van der Waals surface area contributed by atoms with E-state index in [1.54, 1.807) is 6.07 Å². The Hall–Kier alpha value is -2.35. The fourth-order valence-electron chi connectivity index (χ4n) is 2.37. The van der Waals surface area contributed by atoms with Crippen molar-refractivity contribution in [1.29, 1.82) is 0 Å². The molecule has 0 aromatic heterocycles. The van der Waals surface area contributed by atoms with Crippen LogP contribution in [0.4, 0.5) is 17.1 Å². The predicted octanol–water partition coefficient (Wildman–Crippen LogP) is 0.595. The number of nitrogens with one attached hydrogen (secondary N) is 2. The van der Waals surface area contributed by atoms with Crippen LogP contribution in [0, 0.1) is 10.1 Å². The van der Waals surface area contributed by atoms with Crippen molar-refractivity contribution < 1.29 is 9.72 Å². The van der Waals surface area contributed by atoms with Crippen molar-refractivity contribution in [1.82, 2.24) is 5.32 Å². The lowest BCUT2D eigenvalue weighted by Crippen LogP contribution is -2.35. The molecule has 1 aliphatic heterocycles. The molecular formula is C12H17N5O3. The lowest BCUT2D eigenvalue weighted by molar-refractivity contribution is -0.384. The molecule has 20 heavy (non-hydrogen) atoms. The summed E-state index contributed by atoms with van der Waals surface area (Å²) in [6, 6.07) is 4.71. The molecule has 4 N–H and O–H groups in total. The third-order valence-electron chi connectivity index (χ3n) is 3.24. The number of nitrogens with two attached hydrogens (primary N) is 1. The molecule has 0 radical (unpaired) electrons. The van der Waals surface area contributed by atoms with Crippen LogP contribution in [0.25, 0.3) is 0 Å². The van der Waals surface area contributed by atoms with E-state index in [-0.39, 0.29) is 17.6 Å². The van der Waals surface area contributed by atoms with E-state index in [0.29, 0.717) is 12.2 Å². The highest BCUT2D eigenvalue weighted by Gasteiger charge is 2.24. The van der Waals surface area contributed by atoms with Crippen molar-refractivity contribution >= 4 is 23.0 Å². The average molecular weight is 279 g/mol. The van der Waals surface area contributed by atoms with Gasteiger partial charge in [-0.3, -0.25) is 20.8 Å². The molecule has 0 spiro atoms. The van der Waals surface area contributed by atoms with Gasteiger partial charge in [-0.25, -0.2) is 0 Å². The first-order chi connectivity index (χ1) is 9.49. The van der Waals surface area contributed by atoms with Gasteiger partial charge >= 0.3 is 0 Å².